The van der Waals surface area contributed by atoms with Crippen molar-refractivity contribution in [2.24, 2.45) is 5.92 Å². The fraction of sp³-hybridized carbons (Fsp3) is 0.769. The van der Waals surface area contributed by atoms with E-state index in [0.29, 0.717) is 24.0 Å². The first-order valence-corrected chi connectivity index (χ1v) is 6.22. The van der Waals surface area contributed by atoms with Gasteiger partial charge in [-0.2, -0.15) is 5.10 Å². The summed E-state index contributed by atoms with van der Waals surface area (Å²) in [6.07, 6.45) is 4.10. The zero-order valence-corrected chi connectivity index (χ0v) is 11.4. The second-order valence-corrected chi connectivity index (χ2v) is 5.27. The van der Waals surface area contributed by atoms with Crippen LogP contribution in [0.15, 0.2) is 12.4 Å². The summed E-state index contributed by atoms with van der Waals surface area (Å²) >= 11 is 0. The van der Waals surface area contributed by atoms with Gasteiger partial charge in [0.05, 0.1) is 6.20 Å². The van der Waals surface area contributed by atoms with E-state index in [4.69, 9.17) is 0 Å². The molecule has 1 N–H and O–H groups in total. The molecule has 1 rings (SSSR count). The second kappa shape index (κ2) is 5.48. The minimum Gasteiger partial charge on any atom is -0.307 e. The lowest BCUT2D eigenvalue weighted by molar-refractivity contribution is 0.388. The van der Waals surface area contributed by atoms with Gasteiger partial charge in [-0.3, -0.25) is 4.68 Å². The van der Waals surface area contributed by atoms with Crippen LogP contribution in [0.5, 0.6) is 0 Å². The molecule has 0 aliphatic heterocycles. The van der Waals surface area contributed by atoms with E-state index in [1.165, 1.54) is 5.56 Å². The van der Waals surface area contributed by atoms with Crippen LogP contribution >= 0.6 is 0 Å². The Morgan fingerprint density at radius 2 is 1.75 bits per heavy atom. The first-order valence-electron chi connectivity index (χ1n) is 6.22. The van der Waals surface area contributed by atoms with Gasteiger partial charge in [-0.1, -0.05) is 13.8 Å². The van der Waals surface area contributed by atoms with E-state index < -0.39 is 0 Å². The van der Waals surface area contributed by atoms with E-state index in [9.17, 15) is 0 Å². The van der Waals surface area contributed by atoms with Crippen molar-refractivity contribution in [2.75, 3.05) is 0 Å². The molecule has 0 bridgehead atoms. The molecule has 1 aromatic heterocycles. The Kier molecular flexibility index (Phi) is 4.54. The Balaban J connectivity index is 2.62. The summed E-state index contributed by atoms with van der Waals surface area (Å²) < 4.78 is 2.01. The zero-order chi connectivity index (χ0) is 12.3. The maximum Gasteiger partial charge on any atom is 0.0537 e. The molecule has 0 fully saturated rings. The summed E-state index contributed by atoms with van der Waals surface area (Å²) in [7, 11) is 0. The highest BCUT2D eigenvalue weighted by molar-refractivity contribution is 5.09. The van der Waals surface area contributed by atoms with Gasteiger partial charge >= 0.3 is 0 Å². The monoisotopic (exact) mass is 223 g/mol. The van der Waals surface area contributed by atoms with Crippen LogP contribution < -0.4 is 5.32 Å². The lowest BCUT2D eigenvalue weighted by Crippen LogP contribution is -2.32. The van der Waals surface area contributed by atoms with Crippen LogP contribution in [-0.2, 0) is 0 Å². The molecule has 1 heterocycles. The molecular weight excluding hydrogens is 198 g/mol. The molecule has 0 saturated heterocycles. The van der Waals surface area contributed by atoms with Gasteiger partial charge in [0, 0.05) is 29.9 Å². The van der Waals surface area contributed by atoms with E-state index in [2.05, 4.69) is 58.2 Å². The molecule has 2 atom stereocenters. The molecule has 92 valence electrons. The van der Waals surface area contributed by atoms with E-state index in [1.807, 2.05) is 10.9 Å². The van der Waals surface area contributed by atoms with Crippen molar-refractivity contribution in [2.45, 2.75) is 59.7 Å². The van der Waals surface area contributed by atoms with Crippen molar-refractivity contribution < 1.29 is 0 Å². The van der Waals surface area contributed by atoms with Gasteiger partial charge in [-0.05, 0) is 33.6 Å². The van der Waals surface area contributed by atoms with Gasteiger partial charge < -0.3 is 5.32 Å². The summed E-state index contributed by atoms with van der Waals surface area (Å²) in [6.45, 7) is 13.2. The highest BCUT2D eigenvalue weighted by atomic mass is 15.3. The van der Waals surface area contributed by atoms with E-state index in [1.54, 1.807) is 0 Å². The maximum atomic E-state index is 4.37. The van der Waals surface area contributed by atoms with Gasteiger partial charge in [-0.15, -0.1) is 0 Å². The normalized spacial score (nSPS) is 15.8. The van der Waals surface area contributed by atoms with Crippen LogP contribution in [0.4, 0.5) is 0 Å². The van der Waals surface area contributed by atoms with Crippen molar-refractivity contribution in [3.8, 4) is 0 Å². The Morgan fingerprint density at radius 1 is 1.12 bits per heavy atom. The maximum absolute atomic E-state index is 4.37. The average molecular weight is 223 g/mol. The van der Waals surface area contributed by atoms with Crippen LogP contribution in [0.1, 0.15) is 59.2 Å². The van der Waals surface area contributed by atoms with Crippen molar-refractivity contribution in [3.63, 3.8) is 0 Å². The number of hydrogen-bond donors (Lipinski definition) is 1. The molecule has 3 heteroatoms. The largest absolute Gasteiger partial charge is 0.307 e. The van der Waals surface area contributed by atoms with Crippen molar-refractivity contribution in [3.05, 3.63) is 18.0 Å². The summed E-state index contributed by atoms with van der Waals surface area (Å²) in [4.78, 5) is 0. The number of nitrogens with one attached hydrogen (secondary N) is 1. The Bertz CT molecular complexity index is 315. The fourth-order valence-electron chi connectivity index (χ4n) is 1.54. The minimum absolute atomic E-state index is 0.366. The van der Waals surface area contributed by atoms with Crippen LogP contribution in [-0.4, -0.2) is 15.8 Å². The number of rotatable bonds is 5. The van der Waals surface area contributed by atoms with Crippen LogP contribution in [0.2, 0.25) is 0 Å². The Morgan fingerprint density at radius 3 is 2.19 bits per heavy atom. The molecular formula is C13H25N3. The molecule has 1 aromatic rings. The fourth-order valence-corrected chi connectivity index (χ4v) is 1.54. The summed E-state index contributed by atoms with van der Waals surface area (Å²) in [5, 5.41) is 7.96. The predicted molar refractivity (Wildman–Crippen MR) is 68.5 cm³/mol. The van der Waals surface area contributed by atoms with Crippen molar-refractivity contribution in [1.29, 1.82) is 0 Å². The first-order chi connectivity index (χ1) is 7.41. The number of nitrogens with zero attached hydrogens (tertiary/aromatic N) is 2. The average Bonchev–Trinajstić information content (AvgIpc) is 2.65. The van der Waals surface area contributed by atoms with Crippen molar-refractivity contribution in [1.82, 2.24) is 15.1 Å². The molecule has 16 heavy (non-hydrogen) atoms. The van der Waals surface area contributed by atoms with Gasteiger partial charge in [0.25, 0.3) is 0 Å². The van der Waals surface area contributed by atoms with Crippen molar-refractivity contribution >= 4 is 0 Å². The number of aromatic nitrogens is 2. The molecule has 0 amide bonds. The Labute approximate surface area is 99.2 Å². The minimum atomic E-state index is 0.366. The SMILES string of the molecule is CC(NC(C)C(C)C)c1cnn(C(C)C)c1. The molecule has 0 saturated carbocycles. The lowest BCUT2D eigenvalue weighted by atomic mass is 10.0. The Hall–Kier alpha value is -0.830. The molecule has 2 unspecified atom stereocenters. The smallest absolute Gasteiger partial charge is 0.0537 e. The molecule has 0 radical (unpaired) electrons. The zero-order valence-electron chi connectivity index (χ0n) is 11.4. The predicted octanol–water partition coefficient (Wildman–Crippen LogP) is 3.16. The summed E-state index contributed by atoms with van der Waals surface area (Å²) in [5.41, 5.74) is 1.27. The molecule has 0 spiro atoms. The highest BCUT2D eigenvalue weighted by Gasteiger charge is 2.13. The van der Waals surface area contributed by atoms with E-state index in [0.717, 1.165) is 0 Å². The van der Waals surface area contributed by atoms with Crippen LogP contribution in [0.25, 0.3) is 0 Å². The third-order valence-electron chi connectivity index (χ3n) is 3.16. The van der Waals surface area contributed by atoms with Gasteiger partial charge in [0.1, 0.15) is 0 Å². The van der Waals surface area contributed by atoms with Crippen LogP contribution in [0, 0.1) is 5.92 Å². The first kappa shape index (κ1) is 13.2. The lowest BCUT2D eigenvalue weighted by Gasteiger charge is -2.22. The van der Waals surface area contributed by atoms with Gasteiger partial charge in [-0.25, -0.2) is 0 Å². The van der Waals surface area contributed by atoms with Gasteiger partial charge in [0.15, 0.2) is 0 Å². The van der Waals surface area contributed by atoms with E-state index >= 15 is 0 Å². The third-order valence-corrected chi connectivity index (χ3v) is 3.16. The van der Waals surface area contributed by atoms with Crippen LogP contribution in [0.3, 0.4) is 0 Å². The number of hydrogen-bond acceptors (Lipinski definition) is 2. The third kappa shape index (κ3) is 3.34. The summed E-state index contributed by atoms with van der Waals surface area (Å²) in [6, 6.07) is 1.32. The molecule has 3 nitrogen and oxygen atoms in total. The summed E-state index contributed by atoms with van der Waals surface area (Å²) in [5.74, 6) is 0.655. The standard InChI is InChI=1S/C13H25N3/c1-9(2)11(5)15-12(6)13-7-14-16(8-13)10(3)4/h7-12,15H,1-6H3. The molecule has 0 aromatic carbocycles. The topological polar surface area (TPSA) is 29.9 Å². The van der Waals surface area contributed by atoms with E-state index in [-0.39, 0.29) is 0 Å². The highest BCUT2D eigenvalue weighted by Crippen LogP contribution is 2.15. The second-order valence-electron chi connectivity index (χ2n) is 5.27. The molecule has 0 aliphatic rings. The quantitative estimate of drug-likeness (QED) is 0.831. The molecule has 0 aliphatic carbocycles. The van der Waals surface area contributed by atoms with Gasteiger partial charge in [0.2, 0.25) is 0 Å².